The van der Waals surface area contributed by atoms with Gasteiger partial charge in [-0.2, -0.15) is 28.4 Å². The first-order valence-electron chi connectivity index (χ1n) is 15.5. The summed E-state index contributed by atoms with van der Waals surface area (Å²) >= 11 is 6.72. The molecule has 4 heterocycles. The fraction of sp³-hybridized carbons (Fsp3) is 0.294. The normalized spacial score (nSPS) is 18.2. The van der Waals surface area contributed by atoms with E-state index in [0.717, 1.165) is 12.1 Å². The number of rotatable bonds is 7. The number of piperidine rings is 1. The highest BCUT2D eigenvalue weighted by molar-refractivity contribution is 7.23. The van der Waals surface area contributed by atoms with Gasteiger partial charge in [-0.1, -0.05) is 24.6 Å². The first kappa shape index (κ1) is 36.7. The average Bonchev–Trinajstić information content (AvgIpc) is 3.42. The minimum absolute atomic E-state index is 0.0106. The van der Waals surface area contributed by atoms with Crippen LogP contribution >= 0.6 is 22.9 Å². The maximum Gasteiger partial charge on any atom is 0.420 e. The van der Waals surface area contributed by atoms with Gasteiger partial charge in [-0.3, -0.25) is 0 Å². The first-order chi connectivity index (χ1) is 24.5. The third-order valence-corrected chi connectivity index (χ3v) is 10.3. The molecular weight excluding hydrogens is 734 g/mol. The number of phenolic OH excluding ortho intramolecular Hbond substituents is 1. The lowest BCUT2D eigenvalue weighted by Gasteiger charge is -2.40. The zero-order valence-corrected chi connectivity index (χ0v) is 29.2. The van der Waals surface area contributed by atoms with Gasteiger partial charge in [-0.05, 0) is 43.7 Å². The zero-order valence-electron chi connectivity index (χ0n) is 27.6. The second-order valence-electron chi connectivity index (χ2n) is 12.7. The third kappa shape index (κ3) is 6.35. The molecule has 0 aliphatic carbocycles. The quantitative estimate of drug-likeness (QED) is 0.119. The number of likely N-dealkylation sites (tertiary alicyclic amines) is 1. The van der Waals surface area contributed by atoms with Crippen LogP contribution in [-0.2, 0) is 6.18 Å². The Hall–Kier alpha value is -5.05. The Bertz CT molecular complexity index is 2330. The fourth-order valence-electron chi connectivity index (χ4n) is 6.53. The number of phenols is 1. The zero-order chi connectivity index (χ0) is 37.9. The van der Waals surface area contributed by atoms with Gasteiger partial charge in [0.25, 0.3) is 0 Å². The van der Waals surface area contributed by atoms with Gasteiger partial charge in [0.2, 0.25) is 0 Å². The molecule has 1 saturated heterocycles. The van der Waals surface area contributed by atoms with Gasteiger partial charge in [-0.25, -0.2) is 18.2 Å². The molecule has 0 amide bonds. The van der Waals surface area contributed by atoms with Crippen molar-refractivity contribution >= 4 is 60.6 Å². The van der Waals surface area contributed by atoms with Crippen LogP contribution in [0.3, 0.4) is 0 Å². The van der Waals surface area contributed by atoms with E-state index in [9.17, 15) is 19.1 Å². The topological polar surface area (TPSA) is 159 Å². The van der Waals surface area contributed by atoms with Crippen molar-refractivity contribution < 1.29 is 36.2 Å². The molecule has 5 aromatic rings. The number of nitrogens with one attached hydrogen (secondary N) is 1. The summed E-state index contributed by atoms with van der Waals surface area (Å²) < 4.78 is 96.7. The Labute approximate surface area is 301 Å². The van der Waals surface area contributed by atoms with E-state index in [1.165, 1.54) is 12.3 Å². The number of pyridine rings is 1. The van der Waals surface area contributed by atoms with Crippen LogP contribution in [-0.4, -0.2) is 51.7 Å². The van der Waals surface area contributed by atoms with E-state index in [2.05, 4.69) is 20.3 Å². The summed E-state index contributed by atoms with van der Waals surface area (Å²) in [5, 5.41) is 23.0. The van der Waals surface area contributed by atoms with Gasteiger partial charge in [0.05, 0.1) is 33.0 Å². The van der Waals surface area contributed by atoms with Crippen LogP contribution < -0.4 is 21.5 Å². The molecule has 0 saturated carbocycles. The maximum atomic E-state index is 17.1. The number of nitrogens with two attached hydrogens (primary N) is 2. The Morgan fingerprint density at radius 2 is 1.98 bits per heavy atom. The number of hydrogen-bond donors (Lipinski definition) is 4. The molecule has 0 spiro atoms. The van der Waals surface area contributed by atoms with Gasteiger partial charge in [0, 0.05) is 41.2 Å². The number of ether oxygens (including phenoxy) is 1. The van der Waals surface area contributed by atoms with Gasteiger partial charge >= 0.3 is 12.2 Å². The lowest BCUT2D eigenvalue weighted by molar-refractivity contribution is -0.138. The number of nitrogen functional groups attached to an aromatic ring is 2. The molecule has 1 fully saturated rings. The van der Waals surface area contributed by atoms with E-state index < -0.39 is 74.4 Å². The van der Waals surface area contributed by atoms with E-state index in [-0.39, 0.29) is 43.7 Å². The molecule has 0 unspecified atom stereocenters. The monoisotopic (exact) mass is 762 g/mol. The summed E-state index contributed by atoms with van der Waals surface area (Å²) in [4.78, 5) is 14.3. The van der Waals surface area contributed by atoms with Crippen molar-refractivity contribution in [3.05, 3.63) is 69.6 Å². The molecule has 1 aliphatic rings. The van der Waals surface area contributed by atoms with Crippen LogP contribution in [0.4, 0.5) is 43.0 Å². The Morgan fingerprint density at radius 3 is 2.65 bits per heavy atom. The summed E-state index contributed by atoms with van der Waals surface area (Å²) in [5.74, 6) is -4.46. The molecule has 18 heteroatoms. The highest BCUT2D eigenvalue weighted by Gasteiger charge is 2.43. The van der Waals surface area contributed by atoms with Crippen molar-refractivity contribution in [2.24, 2.45) is 5.41 Å². The standard InChI is InChI=1S/C34H29ClF6N8O2S/c1-14(18-8-16(35)11-45-29(18)43)46-31-23-26(47-32(48-31)51-13-33(2)12-49(3)7-6-15(33)9-36)25(38)22(24(27(23)50)34(39,40)41)17-4-5-20(37)28-21(17)19(10-42)30(44)52-28/h4-5,8-9,11,14,50H,6-7,12-13,44H2,1-3H3,(H2,43,45)(H,46,47,48)/b15-9+/t14-,33+/m1/s1. The van der Waals surface area contributed by atoms with Crippen LogP contribution in [0.2, 0.25) is 5.02 Å². The van der Waals surface area contributed by atoms with E-state index >= 15 is 17.6 Å². The van der Waals surface area contributed by atoms with Gasteiger partial charge in [-0.15, -0.1) is 11.3 Å². The number of nitrogens with zero attached hydrogens (tertiary/aromatic N) is 5. The van der Waals surface area contributed by atoms with E-state index in [4.69, 9.17) is 27.8 Å². The molecular formula is C34H29ClF6N8O2S. The predicted octanol–water partition coefficient (Wildman–Crippen LogP) is 8.35. The molecule has 52 heavy (non-hydrogen) atoms. The Morgan fingerprint density at radius 1 is 1.25 bits per heavy atom. The van der Waals surface area contributed by atoms with Gasteiger partial charge < -0.3 is 31.5 Å². The minimum Gasteiger partial charge on any atom is -0.506 e. The van der Waals surface area contributed by atoms with Crippen molar-refractivity contribution in [2.75, 3.05) is 43.5 Å². The third-order valence-electron chi connectivity index (χ3n) is 9.07. The van der Waals surface area contributed by atoms with Crippen LogP contribution in [0.15, 0.2) is 36.3 Å². The summed E-state index contributed by atoms with van der Waals surface area (Å²) in [6, 6.07) is 3.44. The largest absolute Gasteiger partial charge is 0.506 e. The first-order valence-corrected chi connectivity index (χ1v) is 16.7. The van der Waals surface area contributed by atoms with Crippen LogP contribution in [0.5, 0.6) is 11.8 Å². The summed E-state index contributed by atoms with van der Waals surface area (Å²) in [7, 11) is 1.84. The van der Waals surface area contributed by atoms with Gasteiger partial charge in [0.15, 0.2) is 5.82 Å². The predicted molar refractivity (Wildman–Crippen MR) is 187 cm³/mol. The summed E-state index contributed by atoms with van der Waals surface area (Å²) in [6.07, 6.45) is -3.25. The molecule has 2 aromatic carbocycles. The average molecular weight is 763 g/mol. The van der Waals surface area contributed by atoms with E-state index in [1.807, 2.05) is 11.9 Å². The van der Waals surface area contributed by atoms with Crippen molar-refractivity contribution in [1.82, 2.24) is 19.9 Å². The minimum atomic E-state index is -5.42. The number of aromatic hydroxyl groups is 1. The number of benzene rings is 2. The number of alkyl halides is 3. The fourth-order valence-corrected chi connectivity index (χ4v) is 7.65. The number of anilines is 3. The molecule has 6 N–H and O–H groups in total. The molecule has 10 nitrogen and oxygen atoms in total. The number of aromatic nitrogens is 3. The number of nitriles is 1. The van der Waals surface area contributed by atoms with E-state index in [0.29, 0.717) is 42.8 Å². The van der Waals surface area contributed by atoms with Crippen molar-refractivity contribution in [2.45, 2.75) is 32.5 Å². The molecule has 6 rings (SSSR count). The lowest BCUT2D eigenvalue weighted by atomic mass is 9.78. The maximum absolute atomic E-state index is 17.1. The molecule has 0 radical (unpaired) electrons. The lowest BCUT2D eigenvalue weighted by Crippen LogP contribution is -2.44. The van der Waals surface area contributed by atoms with Crippen molar-refractivity contribution in [3.63, 3.8) is 0 Å². The Balaban J connectivity index is 1.64. The molecule has 0 bridgehead atoms. The van der Waals surface area contributed by atoms with Crippen LogP contribution in [0.1, 0.15) is 43.0 Å². The van der Waals surface area contributed by atoms with Crippen molar-refractivity contribution in [1.29, 1.82) is 5.26 Å². The second kappa shape index (κ2) is 13.5. The van der Waals surface area contributed by atoms with Crippen molar-refractivity contribution in [3.8, 4) is 29.0 Å². The summed E-state index contributed by atoms with van der Waals surface area (Å²) in [5.41, 5.74) is 6.97. The van der Waals surface area contributed by atoms with Crippen LogP contribution in [0.25, 0.3) is 32.1 Å². The van der Waals surface area contributed by atoms with Crippen LogP contribution in [0, 0.1) is 28.4 Å². The molecule has 1 aliphatic heterocycles. The molecule has 2 atom stereocenters. The summed E-state index contributed by atoms with van der Waals surface area (Å²) in [6.45, 7) is 4.00. The highest BCUT2D eigenvalue weighted by atomic mass is 35.5. The highest BCUT2D eigenvalue weighted by Crippen LogP contribution is 2.52. The number of thiophene rings is 1. The van der Waals surface area contributed by atoms with Gasteiger partial charge in [0.1, 0.15) is 52.0 Å². The molecule has 272 valence electrons. The number of hydrogen-bond acceptors (Lipinski definition) is 11. The molecule has 3 aromatic heterocycles. The smallest absolute Gasteiger partial charge is 0.420 e. The SMILES string of the molecule is C[C@@H](Nc1nc(OC[C@]2(C)CN(C)CC/C2=C\F)nc2c(F)c(-c3ccc(F)c4sc(N)c(C#N)c34)c(C(F)(F)F)c(O)c12)c1cc(Cl)cnc1N. The van der Waals surface area contributed by atoms with E-state index in [1.54, 1.807) is 19.9 Å². The Kier molecular flexibility index (Phi) is 9.53. The number of halogens is 7. The second-order valence-corrected chi connectivity index (χ2v) is 14.2. The number of fused-ring (bicyclic) bond motifs is 2.